The molecule has 3 heterocycles. The summed E-state index contributed by atoms with van der Waals surface area (Å²) in [5, 5.41) is 8.03. The Morgan fingerprint density at radius 3 is 2.79 bits per heavy atom. The lowest BCUT2D eigenvalue weighted by Gasteiger charge is -2.26. The number of rotatable bonds is 2. The number of nitrogens with zero attached hydrogens (tertiary/aromatic N) is 2. The van der Waals surface area contributed by atoms with Crippen molar-refractivity contribution < 1.29 is 4.79 Å². The molecular formula is C12H12BrN3OS2. The standard InChI is InChI=1S/C12H12BrN3OS2/c13-8-5-10(18-6-8)11-15-9(7-19-11)12(17)16-3-1-14-2-4-16/h5-7,14H,1-4H2. The Balaban J connectivity index is 1.79. The lowest BCUT2D eigenvalue weighted by molar-refractivity contribution is 0.0731. The van der Waals surface area contributed by atoms with Gasteiger partial charge in [0.05, 0.1) is 4.88 Å². The molecule has 3 rings (SSSR count). The van der Waals surface area contributed by atoms with E-state index in [1.165, 1.54) is 11.3 Å². The molecule has 4 nitrogen and oxygen atoms in total. The van der Waals surface area contributed by atoms with E-state index in [2.05, 4.69) is 26.2 Å². The van der Waals surface area contributed by atoms with Gasteiger partial charge >= 0.3 is 0 Å². The van der Waals surface area contributed by atoms with Gasteiger partial charge in [-0.1, -0.05) is 0 Å². The van der Waals surface area contributed by atoms with Crippen LogP contribution >= 0.6 is 38.6 Å². The molecule has 100 valence electrons. The zero-order valence-corrected chi connectivity index (χ0v) is 13.3. The quantitative estimate of drug-likeness (QED) is 0.898. The first kappa shape index (κ1) is 13.2. The highest BCUT2D eigenvalue weighted by Gasteiger charge is 2.20. The smallest absolute Gasteiger partial charge is 0.273 e. The number of amides is 1. The van der Waals surface area contributed by atoms with E-state index in [4.69, 9.17) is 0 Å². The summed E-state index contributed by atoms with van der Waals surface area (Å²) in [7, 11) is 0. The zero-order valence-electron chi connectivity index (χ0n) is 10.1. The summed E-state index contributed by atoms with van der Waals surface area (Å²) in [4.78, 5) is 19.7. The molecule has 1 saturated heterocycles. The molecule has 2 aromatic heterocycles. The third-order valence-electron chi connectivity index (χ3n) is 2.91. The van der Waals surface area contributed by atoms with Gasteiger partial charge in [0.1, 0.15) is 10.7 Å². The maximum Gasteiger partial charge on any atom is 0.273 e. The van der Waals surface area contributed by atoms with Gasteiger partial charge in [-0.2, -0.15) is 0 Å². The first-order chi connectivity index (χ1) is 9.24. The molecule has 0 aliphatic carbocycles. The van der Waals surface area contributed by atoms with Crippen LogP contribution in [0.1, 0.15) is 10.5 Å². The van der Waals surface area contributed by atoms with Gasteiger partial charge in [0.2, 0.25) is 0 Å². The van der Waals surface area contributed by atoms with Crippen LogP contribution in [0.4, 0.5) is 0 Å². The average Bonchev–Trinajstić information content (AvgIpc) is 3.07. The van der Waals surface area contributed by atoms with E-state index < -0.39 is 0 Å². The number of aromatic nitrogens is 1. The van der Waals surface area contributed by atoms with E-state index in [1.54, 1.807) is 11.3 Å². The molecule has 0 aromatic carbocycles. The Labute approximate surface area is 127 Å². The molecule has 0 saturated carbocycles. The van der Waals surface area contributed by atoms with Gasteiger partial charge in [-0.05, 0) is 22.0 Å². The molecule has 0 bridgehead atoms. The predicted octanol–water partition coefficient (Wildman–Crippen LogP) is 2.68. The van der Waals surface area contributed by atoms with Crippen LogP contribution in [-0.4, -0.2) is 42.0 Å². The number of hydrogen-bond acceptors (Lipinski definition) is 5. The maximum absolute atomic E-state index is 12.3. The average molecular weight is 358 g/mol. The summed E-state index contributed by atoms with van der Waals surface area (Å²) < 4.78 is 1.05. The highest BCUT2D eigenvalue weighted by Crippen LogP contribution is 2.32. The van der Waals surface area contributed by atoms with Crippen molar-refractivity contribution in [2.45, 2.75) is 0 Å². The molecule has 1 aliphatic rings. The first-order valence-corrected chi connectivity index (χ1v) is 8.49. The van der Waals surface area contributed by atoms with Crippen molar-refractivity contribution in [2.75, 3.05) is 26.2 Å². The number of carbonyl (C=O) groups is 1. The fourth-order valence-electron chi connectivity index (χ4n) is 1.94. The van der Waals surface area contributed by atoms with Gasteiger partial charge in [0.15, 0.2) is 0 Å². The molecule has 0 spiro atoms. The fraction of sp³-hybridized carbons (Fsp3) is 0.333. The third-order valence-corrected chi connectivity index (χ3v) is 5.61. The highest BCUT2D eigenvalue weighted by atomic mass is 79.9. The van der Waals surface area contributed by atoms with E-state index in [0.717, 1.165) is 40.5 Å². The molecule has 0 radical (unpaired) electrons. The normalized spacial score (nSPS) is 15.7. The number of piperazine rings is 1. The molecule has 19 heavy (non-hydrogen) atoms. The Morgan fingerprint density at radius 2 is 2.11 bits per heavy atom. The van der Waals surface area contributed by atoms with E-state index in [1.807, 2.05) is 21.7 Å². The molecular weight excluding hydrogens is 346 g/mol. The van der Waals surface area contributed by atoms with Crippen molar-refractivity contribution in [1.82, 2.24) is 15.2 Å². The van der Waals surface area contributed by atoms with E-state index >= 15 is 0 Å². The van der Waals surface area contributed by atoms with Crippen LogP contribution in [0.15, 0.2) is 21.3 Å². The zero-order chi connectivity index (χ0) is 13.2. The predicted molar refractivity (Wildman–Crippen MR) is 81.9 cm³/mol. The lowest BCUT2D eigenvalue weighted by atomic mass is 10.3. The van der Waals surface area contributed by atoms with Crippen molar-refractivity contribution >= 4 is 44.5 Å². The minimum Gasteiger partial charge on any atom is -0.335 e. The number of hydrogen-bond donors (Lipinski definition) is 1. The third kappa shape index (κ3) is 2.89. The second-order valence-corrected chi connectivity index (χ2v) is 6.89. The van der Waals surface area contributed by atoms with Crippen molar-refractivity contribution in [3.8, 4) is 9.88 Å². The molecule has 1 amide bonds. The van der Waals surface area contributed by atoms with Crippen LogP contribution in [-0.2, 0) is 0 Å². The van der Waals surface area contributed by atoms with Crippen LogP contribution in [0.3, 0.4) is 0 Å². The van der Waals surface area contributed by atoms with Gasteiger partial charge in [-0.3, -0.25) is 4.79 Å². The Hall–Kier alpha value is -0.760. The summed E-state index contributed by atoms with van der Waals surface area (Å²) in [6.07, 6.45) is 0. The van der Waals surface area contributed by atoms with Gasteiger partial charge in [-0.25, -0.2) is 4.98 Å². The first-order valence-electron chi connectivity index (χ1n) is 5.94. The number of nitrogens with one attached hydrogen (secondary N) is 1. The SMILES string of the molecule is O=C(c1csc(-c2cc(Br)cs2)n1)N1CCNCC1. The lowest BCUT2D eigenvalue weighted by Crippen LogP contribution is -2.46. The number of thiophene rings is 1. The Morgan fingerprint density at radius 1 is 1.32 bits per heavy atom. The molecule has 0 unspecified atom stereocenters. The van der Waals surface area contributed by atoms with Gasteiger partial charge < -0.3 is 10.2 Å². The van der Waals surface area contributed by atoms with Gasteiger partial charge in [0.25, 0.3) is 5.91 Å². The summed E-state index contributed by atoms with van der Waals surface area (Å²) >= 11 is 6.59. The monoisotopic (exact) mass is 357 g/mol. The second kappa shape index (κ2) is 5.70. The van der Waals surface area contributed by atoms with Crippen LogP contribution < -0.4 is 5.32 Å². The Kier molecular flexibility index (Phi) is 3.97. The molecule has 1 N–H and O–H groups in total. The molecule has 1 fully saturated rings. The second-order valence-electron chi connectivity index (χ2n) is 4.21. The minimum absolute atomic E-state index is 0.0413. The molecule has 0 atom stereocenters. The van der Waals surface area contributed by atoms with Crippen molar-refractivity contribution in [2.24, 2.45) is 0 Å². The molecule has 2 aromatic rings. The minimum atomic E-state index is 0.0413. The van der Waals surface area contributed by atoms with Gasteiger partial charge in [0, 0.05) is 41.4 Å². The van der Waals surface area contributed by atoms with Crippen LogP contribution in [0.5, 0.6) is 0 Å². The summed E-state index contributed by atoms with van der Waals surface area (Å²) in [5.41, 5.74) is 0.562. The van der Waals surface area contributed by atoms with Crippen LogP contribution in [0, 0.1) is 0 Å². The number of carbonyl (C=O) groups excluding carboxylic acids is 1. The number of halogens is 1. The fourth-order valence-corrected chi connectivity index (χ4v) is 4.24. The summed E-state index contributed by atoms with van der Waals surface area (Å²) in [6, 6.07) is 2.03. The van der Waals surface area contributed by atoms with E-state index in [-0.39, 0.29) is 5.91 Å². The summed E-state index contributed by atoms with van der Waals surface area (Å²) in [5.74, 6) is 0.0413. The summed E-state index contributed by atoms with van der Waals surface area (Å²) in [6.45, 7) is 3.24. The van der Waals surface area contributed by atoms with Crippen molar-refractivity contribution in [3.05, 3.63) is 27.0 Å². The topological polar surface area (TPSA) is 45.2 Å². The van der Waals surface area contributed by atoms with Crippen LogP contribution in [0.25, 0.3) is 9.88 Å². The van der Waals surface area contributed by atoms with Crippen LogP contribution in [0.2, 0.25) is 0 Å². The van der Waals surface area contributed by atoms with E-state index in [9.17, 15) is 4.79 Å². The maximum atomic E-state index is 12.3. The number of thiazole rings is 1. The largest absolute Gasteiger partial charge is 0.335 e. The van der Waals surface area contributed by atoms with E-state index in [0.29, 0.717) is 5.69 Å². The van der Waals surface area contributed by atoms with Crippen molar-refractivity contribution in [1.29, 1.82) is 0 Å². The van der Waals surface area contributed by atoms with Gasteiger partial charge in [-0.15, -0.1) is 22.7 Å². The highest BCUT2D eigenvalue weighted by molar-refractivity contribution is 9.10. The Bertz CT molecular complexity index is 589. The molecule has 7 heteroatoms. The molecule has 1 aliphatic heterocycles. The van der Waals surface area contributed by atoms with Crippen molar-refractivity contribution in [3.63, 3.8) is 0 Å².